The average molecular weight is 366 g/mol. The van der Waals surface area contributed by atoms with Crippen molar-refractivity contribution in [2.24, 2.45) is 0 Å². The third kappa shape index (κ3) is 4.06. The first kappa shape index (κ1) is 17.4. The summed E-state index contributed by atoms with van der Waals surface area (Å²) >= 11 is 0. The Labute approximate surface area is 157 Å². The number of aromatic nitrogens is 4. The number of hydrogen-bond donors (Lipinski definition) is 1. The molecule has 4 rings (SSSR count). The summed E-state index contributed by atoms with van der Waals surface area (Å²) in [6.45, 7) is 2.62. The first-order valence-electron chi connectivity index (χ1n) is 9.06. The van der Waals surface area contributed by atoms with Crippen LogP contribution in [0.3, 0.4) is 0 Å². The van der Waals surface area contributed by atoms with Crippen LogP contribution in [0.2, 0.25) is 0 Å². The molecular formula is C19H22N6O2. The Morgan fingerprint density at radius 1 is 1.26 bits per heavy atom. The Hall–Kier alpha value is -3.00. The Bertz CT molecular complexity index is 917. The lowest BCUT2D eigenvalue weighted by atomic mass is 10.2. The van der Waals surface area contributed by atoms with Crippen LogP contribution in [0.4, 0.5) is 0 Å². The second kappa shape index (κ2) is 7.71. The van der Waals surface area contributed by atoms with Gasteiger partial charge in [-0.2, -0.15) is 0 Å². The van der Waals surface area contributed by atoms with Crippen LogP contribution in [0.5, 0.6) is 0 Å². The minimum atomic E-state index is -0.272. The Morgan fingerprint density at radius 3 is 2.96 bits per heavy atom. The van der Waals surface area contributed by atoms with Gasteiger partial charge >= 0.3 is 0 Å². The van der Waals surface area contributed by atoms with Crippen molar-refractivity contribution in [1.29, 1.82) is 0 Å². The van der Waals surface area contributed by atoms with E-state index in [0.717, 1.165) is 37.6 Å². The van der Waals surface area contributed by atoms with Crippen LogP contribution < -0.4 is 5.32 Å². The lowest BCUT2D eigenvalue weighted by Gasteiger charge is -2.14. The zero-order valence-electron chi connectivity index (χ0n) is 15.3. The summed E-state index contributed by atoms with van der Waals surface area (Å²) < 4.78 is 7.38. The smallest absolute Gasteiger partial charge is 0.273 e. The Kier molecular flexibility index (Phi) is 4.97. The van der Waals surface area contributed by atoms with E-state index in [1.807, 2.05) is 25.2 Å². The minimum absolute atomic E-state index is 0.272. The molecule has 1 N–H and O–H groups in total. The van der Waals surface area contributed by atoms with Crippen molar-refractivity contribution in [1.82, 2.24) is 30.1 Å². The van der Waals surface area contributed by atoms with Crippen LogP contribution in [0.1, 0.15) is 39.9 Å². The van der Waals surface area contributed by atoms with Crippen molar-refractivity contribution < 1.29 is 9.32 Å². The van der Waals surface area contributed by atoms with Crippen molar-refractivity contribution >= 4 is 5.91 Å². The number of carbonyl (C=O) groups is 1. The van der Waals surface area contributed by atoms with Crippen molar-refractivity contribution in [2.45, 2.75) is 39.0 Å². The molecule has 27 heavy (non-hydrogen) atoms. The molecule has 3 aromatic rings. The molecule has 2 aromatic heterocycles. The van der Waals surface area contributed by atoms with E-state index in [1.165, 1.54) is 5.56 Å². The van der Waals surface area contributed by atoms with Gasteiger partial charge in [0.2, 0.25) is 0 Å². The number of hydrogen-bond acceptors (Lipinski definition) is 6. The number of carbonyl (C=O) groups excluding carboxylic acids is 1. The Morgan fingerprint density at radius 2 is 2.11 bits per heavy atom. The van der Waals surface area contributed by atoms with Crippen LogP contribution in [-0.2, 0) is 32.6 Å². The molecule has 1 aliphatic heterocycles. The number of aryl methyl sites for hydroxylation is 1. The number of benzene rings is 1. The van der Waals surface area contributed by atoms with Crippen molar-refractivity contribution in [3.05, 3.63) is 65.1 Å². The quantitative estimate of drug-likeness (QED) is 0.686. The summed E-state index contributed by atoms with van der Waals surface area (Å²) in [7, 11) is 2.00. The monoisotopic (exact) mass is 366 g/mol. The summed E-state index contributed by atoms with van der Waals surface area (Å²) in [6.07, 6.45) is 2.03. The summed E-state index contributed by atoms with van der Waals surface area (Å²) in [5.74, 6) is 2.15. The largest absolute Gasteiger partial charge is 0.359 e. The van der Waals surface area contributed by atoms with Crippen molar-refractivity contribution in [2.75, 3.05) is 7.05 Å². The first-order chi connectivity index (χ1) is 13.2. The molecule has 0 unspecified atom stereocenters. The molecule has 8 heteroatoms. The highest BCUT2D eigenvalue weighted by atomic mass is 16.5. The fourth-order valence-corrected chi connectivity index (χ4v) is 3.30. The lowest BCUT2D eigenvalue weighted by molar-refractivity contribution is 0.0940. The van der Waals surface area contributed by atoms with Gasteiger partial charge in [-0.1, -0.05) is 35.5 Å². The maximum atomic E-state index is 12.3. The third-order valence-corrected chi connectivity index (χ3v) is 4.61. The molecule has 8 nitrogen and oxygen atoms in total. The van der Waals surface area contributed by atoms with Crippen molar-refractivity contribution in [3.63, 3.8) is 0 Å². The van der Waals surface area contributed by atoms with Gasteiger partial charge in [0, 0.05) is 25.6 Å². The maximum Gasteiger partial charge on any atom is 0.273 e. The molecule has 0 saturated heterocycles. The van der Waals surface area contributed by atoms with Crippen LogP contribution in [-0.4, -0.2) is 37.8 Å². The molecule has 0 atom stereocenters. The van der Waals surface area contributed by atoms with E-state index in [2.05, 4.69) is 42.3 Å². The fraction of sp³-hybridized carbons (Fsp3) is 0.368. The average Bonchev–Trinajstić information content (AvgIpc) is 3.38. The highest BCUT2D eigenvalue weighted by Crippen LogP contribution is 2.14. The summed E-state index contributed by atoms with van der Waals surface area (Å²) in [5.41, 5.74) is 1.50. The van der Waals surface area contributed by atoms with E-state index in [-0.39, 0.29) is 11.6 Å². The standard InChI is InChI=1S/C19H22N6O2/c1-24(12-14-6-3-2-4-7-14)13-15-10-16(23-27-15)19(26)20-11-18-22-21-17-8-5-9-25(17)18/h2-4,6-7,10H,5,8-9,11-13H2,1H3,(H,20,26). The van der Waals surface area contributed by atoms with Gasteiger partial charge in [0.1, 0.15) is 5.82 Å². The number of fused-ring (bicyclic) bond motifs is 1. The van der Waals surface area contributed by atoms with E-state index < -0.39 is 0 Å². The molecule has 3 heterocycles. The number of nitrogens with zero attached hydrogens (tertiary/aromatic N) is 5. The molecule has 0 aliphatic carbocycles. The molecule has 1 aromatic carbocycles. The highest BCUT2D eigenvalue weighted by molar-refractivity contribution is 5.92. The number of nitrogens with one attached hydrogen (secondary N) is 1. The molecule has 0 bridgehead atoms. The summed E-state index contributed by atoms with van der Waals surface area (Å²) in [5, 5.41) is 15.0. The molecule has 0 saturated carbocycles. The lowest BCUT2D eigenvalue weighted by Crippen LogP contribution is -2.25. The van der Waals surface area contributed by atoms with Crippen molar-refractivity contribution in [3.8, 4) is 0 Å². The molecule has 0 fully saturated rings. The maximum absolute atomic E-state index is 12.3. The van der Waals surface area contributed by atoms with Crippen LogP contribution in [0.15, 0.2) is 40.9 Å². The predicted molar refractivity (Wildman–Crippen MR) is 97.6 cm³/mol. The normalized spacial score (nSPS) is 13.1. The van der Waals surface area contributed by atoms with E-state index in [4.69, 9.17) is 4.52 Å². The molecule has 0 spiro atoms. The molecule has 1 amide bonds. The third-order valence-electron chi connectivity index (χ3n) is 4.61. The molecule has 1 aliphatic rings. The molecular weight excluding hydrogens is 344 g/mol. The first-order valence-corrected chi connectivity index (χ1v) is 9.06. The second-order valence-corrected chi connectivity index (χ2v) is 6.81. The SMILES string of the molecule is CN(Cc1ccccc1)Cc1cc(C(=O)NCc2nnc3n2CCC3)no1. The molecule has 0 radical (unpaired) electrons. The van der Waals surface area contributed by atoms with Crippen LogP contribution >= 0.6 is 0 Å². The second-order valence-electron chi connectivity index (χ2n) is 6.81. The topological polar surface area (TPSA) is 89.1 Å². The van der Waals surface area contributed by atoms with Gasteiger partial charge in [-0.05, 0) is 19.0 Å². The van der Waals surface area contributed by atoms with Gasteiger partial charge in [-0.3, -0.25) is 9.69 Å². The van der Waals surface area contributed by atoms with E-state index in [9.17, 15) is 4.79 Å². The van der Waals surface area contributed by atoms with Gasteiger partial charge in [0.05, 0.1) is 13.1 Å². The number of rotatable bonds is 7. The zero-order chi connectivity index (χ0) is 18.6. The predicted octanol–water partition coefficient (Wildman–Crippen LogP) is 1.77. The van der Waals surface area contributed by atoms with E-state index >= 15 is 0 Å². The van der Waals surface area contributed by atoms with Gasteiger partial charge in [0.15, 0.2) is 17.3 Å². The summed E-state index contributed by atoms with van der Waals surface area (Å²) in [6, 6.07) is 11.9. The zero-order valence-corrected chi connectivity index (χ0v) is 15.3. The fourth-order valence-electron chi connectivity index (χ4n) is 3.30. The van der Waals surface area contributed by atoms with E-state index in [0.29, 0.717) is 18.8 Å². The minimum Gasteiger partial charge on any atom is -0.359 e. The van der Waals surface area contributed by atoms with Gasteiger partial charge in [-0.15, -0.1) is 10.2 Å². The van der Waals surface area contributed by atoms with Crippen LogP contribution in [0, 0.1) is 0 Å². The number of amides is 1. The van der Waals surface area contributed by atoms with Gasteiger partial charge in [-0.25, -0.2) is 0 Å². The highest BCUT2D eigenvalue weighted by Gasteiger charge is 2.19. The van der Waals surface area contributed by atoms with E-state index in [1.54, 1.807) is 6.07 Å². The van der Waals surface area contributed by atoms with Gasteiger partial charge in [0.25, 0.3) is 5.91 Å². The summed E-state index contributed by atoms with van der Waals surface area (Å²) in [4.78, 5) is 14.4. The van der Waals surface area contributed by atoms with Crippen LogP contribution in [0.25, 0.3) is 0 Å². The Balaban J connectivity index is 1.31. The molecule has 140 valence electrons. The van der Waals surface area contributed by atoms with Gasteiger partial charge < -0.3 is 14.4 Å².